The molecule has 0 fully saturated rings. The Bertz CT molecular complexity index is 374. The minimum Gasteiger partial charge on any atom is -0.382 e. The van der Waals surface area contributed by atoms with Crippen molar-refractivity contribution in [1.29, 1.82) is 0 Å². The first-order valence-electron chi connectivity index (χ1n) is 5.78. The van der Waals surface area contributed by atoms with Crippen LogP contribution < -0.4 is 5.32 Å². The van der Waals surface area contributed by atoms with E-state index in [1.54, 1.807) is 20.3 Å². The van der Waals surface area contributed by atoms with Gasteiger partial charge in [-0.15, -0.1) is 0 Å². The summed E-state index contributed by atoms with van der Waals surface area (Å²) in [5.74, 6) is 0. The smallest absolute Gasteiger partial charge is 0.0928 e. The zero-order chi connectivity index (χ0) is 13.5. The van der Waals surface area contributed by atoms with Crippen molar-refractivity contribution in [2.75, 3.05) is 27.4 Å². The van der Waals surface area contributed by atoms with E-state index in [0.717, 1.165) is 5.56 Å². The van der Waals surface area contributed by atoms with Crippen molar-refractivity contribution in [3.8, 4) is 0 Å². The SMILES string of the molecule is COCC(CNC(C)c1ccc(Cl)c(Cl)c1)OC. The third-order valence-electron chi connectivity index (χ3n) is 2.78. The molecule has 0 bridgehead atoms. The molecule has 0 saturated heterocycles. The molecular weight excluding hydrogens is 273 g/mol. The van der Waals surface area contributed by atoms with Crippen LogP contribution in [0.1, 0.15) is 18.5 Å². The molecule has 0 aliphatic heterocycles. The molecule has 1 N–H and O–H groups in total. The molecule has 0 heterocycles. The van der Waals surface area contributed by atoms with Crippen molar-refractivity contribution in [2.24, 2.45) is 0 Å². The summed E-state index contributed by atoms with van der Waals surface area (Å²) in [6.45, 7) is 3.35. The summed E-state index contributed by atoms with van der Waals surface area (Å²) in [6.07, 6.45) is 0.0419. The Balaban J connectivity index is 2.53. The van der Waals surface area contributed by atoms with E-state index >= 15 is 0 Å². The molecule has 102 valence electrons. The predicted octanol–water partition coefficient (Wildman–Crippen LogP) is 3.31. The van der Waals surface area contributed by atoms with Gasteiger partial charge in [0.1, 0.15) is 0 Å². The fraction of sp³-hybridized carbons (Fsp3) is 0.538. The minimum atomic E-state index is 0.0419. The summed E-state index contributed by atoms with van der Waals surface area (Å²) in [7, 11) is 3.34. The molecule has 0 aliphatic carbocycles. The number of nitrogens with one attached hydrogen (secondary N) is 1. The van der Waals surface area contributed by atoms with Crippen molar-refractivity contribution in [1.82, 2.24) is 5.32 Å². The van der Waals surface area contributed by atoms with Crippen LogP contribution in [0.2, 0.25) is 10.0 Å². The maximum Gasteiger partial charge on any atom is 0.0928 e. The van der Waals surface area contributed by atoms with E-state index < -0.39 is 0 Å². The summed E-state index contributed by atoms with van der Waals surface area (Å²) < 4.78 is 10.3. The van der Waals surface area contributed by atoms with Gasteiger partial charge in [-0.25, -0.2) is 0 Å². The molecule has 5 heteroatoms. The molecule has 0 saturated carbocycles. The summed E-state index contributed by atoms with van der Waals surface area (Å²) >= 11 is 11.9. The second kappa shape index (κ2) is 7.97. The van der Waals surface area contributed by atoms with Crippen LogP contribution >= 0.6 is 23.2 Å². The van der Waals surface area contributed by atoms with Crippen molar-refractivity contribution < 1.29 is 9.47 Å². The molecular formula is C13H19Cl2NO2. The molecule has 1 aromatic carbocycles. The highest BCUT2D eigenvalue weighted by Gasteiger charge is 2.11. The average Bonchev–Trinajstić information content (AvgIpc) is 2.37. The van der Waals surface area contributed by atoms with Crippen LogP contribution in [0.5, 0.6) is 0 Å². The second-order valence-electron chi connectivity index (χ2n) is 4.12. The van der Waals surface area contributed by atoms with Gasteiger partial charge in [0.25, 0.3) is 0 Å². The number of benzene rings is 1. The van der Waals surface area contributed by atoms with Gasteiger partial charge in [-0.1, -0.05) is 29.3 Å². The van der Waals surface area contributed by atoms with Crippen molar-refractivity contribution >= 4 is 23.2 Å². The molecule has 18 heavy (non-hydrogen) atoms. The molecule has 0 spiro atoms. The quantitative estimate of drug-likeness (QED) is 0.836. The van der Waals surface area contributed by atoms with Crippen LogP contribution in [0.3, 0.4) is 0 Å². The van der Waals surface area contributed by atoms with E-state index in [-0.39, 0.29) is 12.1 Å². The number of halogens is 2. The maximum atomic E-state index is 5.99. The standard InChI is InChI=1S/C13H19Cl2NO2/c1-9(16-7-11(18-3)8-17-2)10-4-5-12(14)13(15)6-10/h4-6,9,11,16H,7-8H2,1-3H3. The first-order chi connectivity index (χ1) is 8.58. The van der Waals surface area contributed by atoms with E-state index in [2.05, 4.69) is 12.2 Å². The Morgan fingerprint density at radius 2 is 1.94 bits per heavy atom. The Labute approximate surface area is 118 Å². The number of hydrogen-bond donors (Lipinski definition) is 1. The highest BCUT2D eigenvalue weighted by atomic mass is 35.5. The zero-order valence-corrected chi connectivity index (χ0v) is 12.4. The minimum absolute atomic E-state index is 0.0419. The van der Waals surface area contributed by atoms with E-state index in [9.17, 15) is 0 Å². The van der Waals surface area contributed by atoms with Crippen molar-refractivity contribution in [2.45, 2.75) is 19.1 Å². The van der Waals surface area contributed by atoms with E-state index in [1.165, 1.54) is 0 Å². The molecule has 2 atom stereocenters. The normalized spacial score (nSPS) is 14.5. The third kappa shape index (κ3) is 4.75. The third-order valence-corrected chi connectivity index (χ3v) is 3.52. The predicted molar refractivity (Wildman–Crippen MR) is 75.6 cm³/mol. The summed E-state index contributed by atoms with van der Waals surface area (Å²) in [5, 5.41) is 4.52. The second-order valence-corrected chi connectivity index (χ2v) is 4.93. The van der Waals surface area contributed by atoms with Crippen LogP contribution in [0.4, 0.5) is 0 Å². The largest absolute Gasteiger partial charge is 0.382 e. The molecule has 0 aromatic heterocycles. The van der Waals surface area contributed by atoms with Crippen LogP contribution in [0, 0.1) is 0 Å². The van der Waals surface area contributed by atoms with Gasteiger partial charge in [-0.05, 0) is 24.6 Å². The fourth-order valence-corrected chi connectivity index (χ4v) is 1.91. The molecule has 1 rings (SSSR count). The Hall–Kier alpha value is -0.320. The van der Waals surface area contributed by atoms with Gasteiger partial charge in [0.05, 0.1) is 22.8 Å². The van der Waals surface area contributed by atoms with E-state index in [4.69, 9.17) is 32.7 Å². The van der Waals surface area contributed by atoms with E-state index in [0.29, 0.717) is 23.2 Å². The zero-order valence-electron chi connectivity index (χ0n) is 10.9. The van der Waals surface area contributed by atoms with Gasteiger partial charge >= 0.3 is 0 Å². The van der Waals surface area contributed by atoms with Crippen LogP contribution in [-0.4, -0.2) is 33.5 Å². The number of methoxy groups -OCH3 is 2. The van der Waals surface area contributed by atoms with Crippen LogP contribution in [0.25, 0.3) is 0 Å². The summed E-state index contributed by atoms with van der Waals surface area (Å²) in [5.41, 5.74) is 1.09. The Kier molecular flexibility index (Phi) is 6.97. The van der Waals surface area contributed by atoms with Crippen LogP contribution in [0.15, 0.2) is 18.2 Å². The number of hydrogen-bond acceptors (Lipinski definition) is 3. The lowest BCUT2D eigenvalue weighted by Crippen LogP contribution is -2.33. The monoisotopic (exact) mass is 291 g/mol. The van der Waals surface area contributed by atoms with Crippen molar-refractivity contribution in [3.63, 3.8) is 0 Å². The summed E-state index contributed by atoms with van der Waals surface area (Å²) in [4.78, 5) is 0. The first-order valence-corrected chi connectivity index (χ1v) is 6.54. The number of rotatable bonds is 7. The molecule has 0 aliphatic rings. The Morgan fingerprint density at radius 1 is 1.22 bits per heavy atom. The van der Waals surface area contributed by atoms with Gasteiger partial charge < -0.3 is 14.8 Å². The van der Waals surface area contributed by atoms with E-state index in [1.807, 2.05) is 12.1 Å². The van der Waals surface area contributed by atoms with Gasteiger partial charge in [-0.2, -0.15) is 0 Å². The fourth-order valence-electron chi connectivity index (χ4n) is 1.60. The lowest BCUT2D eigenvalue weighted by atomic mass is 10.1. The molecule has 3 nitrogen and oxygen atoms in total. The Morgan fingerprint density at radius 3 is 2.50 bits per heavy atom. The van der Waals surface area contributed by atoms with Crippen molar-refractivity contribution in [3.05, 3.63) is 33.8 Å². The topological polar surface area (TPSA) is 30.5 Å². The molecule has 1 aromatic rings. The number of ether oxygens (including phenoxy) is 2. The maximum absolute atomic E-state index is 5.99. The van der Waals surface area contributed by atoms with Gasteiger partial charge in [0, 0.05) is 26.8 Å². The molecule has 2 unspecified atom stereocenters. The molecule has 0 radical (unpaired) electrons. The lowest BCUT2D eigenvalue weighted by molar-refractivity contribution is 0.0276. The first kappa shape index (κ1) is 15.7. The van der Waals surface area contributed by atoms with Gasteiger partial charge in [0.15, 0.2) is 0 Å². The molecule has 0 amide bonds. The van der Waals surface area contributed by atoms with Crippen LogP contribution in [-0.2, 0) is 9.47 Å². The van der Waals surface area contributed by atoms with Gasteiger partial charge in [0.2, 0.25) is 0 Å². The highest BCUT2D eigenvalue weighted by Crippen LogP contribution is 2.25. The lowest BCUT2D eigenvalue weighted by Gasteiger charge is -2.19. The van der Waals surface area contributed by atoms with Gasteiger partial charge in [-0.3, -0.25) is 0 Å². The highest BCUT2D eigenvalue weighted by molar-refractivity contribution is 6.42. The average molecular weight is 292 g/mol. The summed E-state index contributed by atoms with van der Waals surface area (Å²) in [6, 6.07) is 5.82.